The van der Waals surface area contributed by atoms with Crippen LogP contribution in [0.25, 0.3) is 0 Å². The normalized spacial score (nSPS) is 18.0. The quantitative estimate of drug-likeness (QED) is 0.906. The van der Waals surface area contributed by atoms with Crippen molar-refractivity contribution >= 4 is 10.0 Å². The minimum absolute atomic E-state index is 0.187. The Balaban J connectivity index is 2.06. The molecule has 118 valence electrons. The minimum atomic E-state index is -3.50. The molecule has 0 radical (unpaired) electrons. The molecule has 1 aromatic rings. The number of rotatable bonds is 5. The maximum absolute atomic E-state index is 13.3. The van der Waals surface area contributed by atoms with Gasteiger partial charge >= 0.3 is 0 Å². The van der Waals surface area contributed by atoms with Gasteiger partial charge in [-0.25, -0.2) is 12.8 Å². The molecule has 21 heavy (non-hydrogen) atoms. The van der Waals surface area contributed by atoms with E-state index in [-0.39, 0.29) is 10.7 Å². The SMILES string of the molecule is CCNCC1CCN(S(=O)(=O)c2ccc(F)c(C)c2)CC1. The molecule has 0 spiro atoms. The lowest BCUT2D eigenvalue weighted by molar-refractivity contribution is 0.268. The summed E-state index contributed by atoms with van der Waals surface area (Å²) in [5.41, 5.74) is 0.359. The van der Waals surface area contributed by atoms with Crippen molar-refractivity contribution in [3.8, 4) is 0 Å². The second kappa shape index (κ2) is 6.85. The molecule has 1 aliphatic rings. The van der Waals surface area contributed by atoms with Gasteiger partial charge in [0.1, 0.15) is 5.82 Å². The van der Waals surface area contributed by atoms with Gasteiger partial charge < -0.3 is 5.32 Å². The first-order chi connectivity index (χ1) is 9.95. The molecule has 1 heterocycles. The van der Waals surface area contributed by atoms with Crippen LogP contribution < -0.4 is 5.32 Å². The Hall–Kier alpha value is -0.980. The van der Waals surface area contributed by atoms with Crippen LogP contribution in [0.2, 0.25) is 0 Å². The van der Waals surface area contributed by atoms with Gasteiger partial charge in [-0.05, 0) is 62.5 Å². The largest absolute Gasteiger partial charge is 0.317 e. The van der Waals surface area contributed by atoms with Crippen LogP contribution in [0.5, 0.6) is 0 Å². The van der Waals surface area contributed by atoms with Crippen molar-refractivity contribution in [2.24, 2.45) is 5.92 Å². The summed E-state index contributed by atoms with van der Waals surface area (Å²) < 4.78 is 39.9. The molecule has 1 N–H and O–H groups in total. The van der Waals surface area contributed by atoms with Crippen LogP contribution in [0.4, 0.5) is 4.39 Å². The van der Waals surface area contributed by atoms with E-state index in [9.17, 15) is 12.8 Å². The summed E-state index contributed by atoms with van der Waals surface area (Å²) in [7, 11) is -3.50. The minimum Gasteiger partial charge on any atom is -0.317 e. The number of hydrogen-bond acceptors (Lipinski definition) is 3. The number of benzene rings is 1. The zero-order chi connectivity index (χ0) is 15.5. The third kappa shape index (κ3) is 3.81. The van der Waals surface area contributed by atoms with Gasteiger partial charge in [0.15, 0.2) is 0 Å². The molecule has 0 aliphatic carbocycles. The van der Waals surface area contributed by atoms with Crippen LogP contribution in [0.15, 0.2) is 23.1 Å². The lowest BCUT2D eigenvalue weighted by Crippen LogP contribution is -2.40. The predicted octanol–water partition coefficient (Wildman–Crippen LogP) is 2.14. The third-order valence-corrected chi connectivity index (χ3v) is 5.92. The van der Waals surface area contributed by atoms with Crippen molar-refractivity contribution in [2.45, 2.75) is 31.6 Å². The average molecular weight is 314 g/mol. The van der Waals surface area contributed by atoms with Gasteiger partial charge in [-0.3, -0.25) is 0 Å². The van der Waals surface area contributed by atoms with Gasteiger partial charge in [0.2, 0.25) is 10.0 Å². The molecule has 0 amide bonds. The first-order valence-electron chi connectivity index (χ1n) is 7.42. The summed E-state index contributed by atoms with van der Waals surface area (Å²) >= 11 is 0. The summed E-state index contributed by atoms with van der Waals surface area (Å²) in [5.74, 6) is 0.157. The molecule has 0 aromatic heterocycles. The number of halogens is 1. The van der Waals surface area contributed by atoms with Crippen LogP contribution in [-0.2, 0) is 10.0 Å². The molecule has 1 saturated heterocycles. The highest BCUT2D eigenvalue weighted by Gasteiger charge is 2.29. The first-order valence-corrected chi connectivity index (χ1v) is 8.86. The summed E-state index contributed by atoms with van der Waals surface area (Å²) in [5, 5.41) is 3.31. The van der Waals surface area contributed by atoms with E-state index in [1.165, 1.54) is 22.5 Å². The van der Waals surface area contributed by atoms with E-state index in [0.29, 0.717) is 24.6 Å². The summed E-state index contributed by atoms with van der Waals surface area (Å²) in [4.78, 5) is 0.187. The molecule has 1 aliphatic heterocycles. The highest BCUT2D eigenvalue weighted by Crippen LogP contribution is 2.24. The van der Waals surface area contributed by atoms with E-state index < -0.39 is 10.0 Å². The summed E-state index contributed by atoms with van der Waals surface area (Å²) in [6.45, 7) is 6.60. The number of nitrogens with zero attached hydrogens (tertiary/aromatic N) is 1. The van der Waals surface area contributed by atoms with Gasteiger partial charge in [0, 0.05) is 13.1 Å². The van der Waals surface area contributed by atoms with Gasteiger partial charge in [-0.1, -0.05) is 6.92 Å². The Morgan fingerprint density at radius 1 is 1.33 bits per heavy atom. The van der Waals surface area contributed by atoms with E-state index in [1.807, 2.05) is 0 Å². The van der Waals surface area contributed by atoms with E-state index >= 15 is 0 Å². The zero-order valence-corrected chi connectivity index (χ0v) is 13.4. The fraction of sp³-hybridized carbons (Fsp3) is 0.600. The van der Waals surface area contributed by atoms with E-state index in [4.69, 9.17) is 0 Å². The van der Waals surface area contributed by atoms with Gasteiger partial charge in [-0.15, -0.1) is 0 Å². The van der Waals surface area contributed by atoms with Gasteiger partial charge in [0.05, 0.1) is 4.90 Å². The maximum Gasteiger partial charge on any atom is 0.243 e. The third-order valence-electron chi connectivity index (χ3n) is 4.02. The Morgan fingerprint density at radius 3 is 2.57 bits per heavy atom. The molecule has 0 unspecified atom stereocenters. The van der Waals surface area contributed by atoms with Crippen LogP contribution >= 0.6 is 0 Å². The van der Waals surface area contributed by atoms with Crippen LogP contribution in [0.3, 0.4) is 0 Å². The molecule has 0 atom stereocenters. The summed E-state index contributed by atoms with van der Waals surface area (Å²) in [6.07, 6.45) is 1.73. The van der Waals surface area contributed by atoms with Crippen molar-refractivity contribution in [2.75, 3.05) is 26.2 Å². The lowest BCUT2D eigenvalue weighted by atomic mass is 9.98. The van der Waals surface area contributed by atoms with Crippen molar-refractivity contribution < 1.29 is 12.8 Å². The molecular weight excluding hydrogens is 291 g/mol. The fourth-order valence-electron chi connectivity index (χ4n) is 2.63. The number of aryl methyl sites for hydroxylation is 1. The fourth-order valence-corrected chi connectivity index (χ4v) is 4.18. The van der Waals surface area contributed by atoms with Crippen LogP contribution in [0, 0.1) is 18.7 Å². The van der Waals surface area contributed by atoms with Crippen LogP contribution in [0.1, 0.15) is 25.3 Å². The Morgan fingerprint density at radius 2 is 2.00 bits per heavy atom. The zero-order valence-electron chi connectivity index (χ0n) is 12.6. The second-order valence-electron chi connectivity index (χ2n) is 5.57. The number of nitrogens with one attached hydrogen (secondary N) is 1. The predicted molar refractivity (Wildman–Crippen MR) is 81.2 cm³/mol. The number of piperidine rings is 1. The Kier molecular flexibility index (Phi) is 5.35. The molecule has 6 heteroatoms. The van der Waals surface area contributed by atoms with Crippen molar-refractivity contribution in [3.63, 3.8) is 0 Å². The van der Waals surface area contributed by atoms with Crippen molar-refractivity contribution in [3.05, 3.63) is 29.6 Å². The number of hydrogen-bond donors (Lipinski definition) is 1. The highest BCUT2D eigenvalue weighted by molar-refractivity contribution is 7.89. The summed E-state index contributed by atoms with van der Waals surface area (Å²) in [6, 6.07) is 3.98. The monoisotopic (exact) mass is 314 g/mol. The molecule has 1 aromatic carbocycles. The standard InChI is InChI=1S/C15H23FN2O2S/c1-3-17-11-13-6-8-18(9-7-13)21(19,20)14-4-5-15(16)12(2)10-14/h4-5,10,13,17H,3,6-9,11H2,1-2H3. The smallest absolute Gasteiger partial charge is 0.243 e. The first kappa shape index (κ1) is 16.4. The molecule has 1 fully saturated rings. The van der Waals surface area contributed by atoms with Gasteiger partial charge in [0.25, 0.3) is 0 Å². The Labute approximate surface area is 126 Å². The molecule has 0 bridgehead atoms. The molecule has 4 nitrogen and oxygen atoms in total. The van der Waals surface area contributed by atoms with E-state index in [1.54, 1.807) is 6.92 Å². The average Bonchev–Trinajstić information content (AvgIpc) is 2.48. The van der Waals surface area contributed by atoms with Crippen molar-refractivity contribution in [1.29, 1.82) is 0 Å². The lowest BCUT2D eigenvalue weighted by Gasteiger charge is -2.31. The molecule has 2 rings (SSSR count). The topological polar surface area (TPSA) is 49.4 Å². The molecular formula is C15H23FN2O2S. The van der Waals surface area contributed by atoms with E-state index in [2.05, 4.69) is 12.2 Å². The van der Waals surface area contributed by atoms with Gasteiger partial charge in [-0.2, -0.15) is 4.31 Å². The maximum atomic E-state index is 13.3. The number of sulfonamides is 1. The van der Waals surface area contributed by atoms with E-state index in [0.717, 1.165) is 25.9 Å². The van der Waals surface area contributed by atoms with Crippen LogP contribution in [-0.4, -0.2) is 38.9 Å². The molecule has 0 saturated carbocycles. The Bertz CT molecular complexity index is 581. The second-order valence-corrected chi connectivity index (χ2v) is 7.50. The van der Waals surface area contributed by atoms with Crippen molar-refractivity contribution in [1.82, 2.24) is 9.62 Å². The highest BCUT2D eigenvalue weighted by atomic mass is 32.2.